The average molecular weight is 234 g/mol. The van der Waals surface area contributed by atoms with Crippen molar-refractivity contribution in [2.24, 2.45) is 0 Å². The molecule has 0 bridgehead atoms. The summed E-state index contributed by atoms with van der Waals surface area (Å²) in [6.07, 6.45) is 23.5. The van der Waals surface area contributed by atoms with Crippen LogP contribution >= 0.6 is 0 Å². The molecule has 96 valence electrons. The molecule has 17 heavy (non-hydrogen) atoms. The van der Waals surface area contributed by atoms with Crippen LogP contribution in [0.25, 0.3) is 0 Å². The summed E-state index contributed by atoms with van der Waals surface area (Å²) in [6, 6.07) is 0. The highest BCUT2D eigenvalue weighted by Gasteiger charge is 1.79. The van der Waals surface area contributed by atoms with E-state index in [2.05, 4.69) is 55.5 Å². The molecule has 1 N–H and O–H groups in total. The summed E-state index contributed by atoms with van der Waals surface area (Å²) in [7, 11) is 0. The minimum atomic E-state index is 0.285. The number of hydrogen-bond acceptors (Lipinski definition) is 1. The molecule has 0 spiro atoms. The van der Waals surface area contributed by atoms with Gasteiger partial charge in [-0.15, -0.1) is 0 Å². The van der Waals surface area contributed by atoms with Crippen LogP contribution in [0.2, 0.25) is 0 Å². The maximum atomic E-state index is 8.58. The third-order valence-electron chi connectivity index (χ3n) is 2.27. The molecule has 1 nitrogen and oxygen atoms in total. The predicted molar refractivity (Wildman–Crippen MR) is 77.0 cm³/mol. The second-order valence-electron chi connectivity index (χ2n) is 3.92. The first-order chi connectivity index (χ1) is 8.41. The van der Waals surface area contributed by atoms with Crippen LogP contribution in [0, 0.1) is 0 Å². The summed E-state index contributed by atoms with van der Waals surface area (Å²) in [6.45, 7) is 2.43. The molecule has 0 fully saturated rings. The molecule has 0 atom stereocenters. The molecule has 0 saturated carbocycles. The largest absolute Gasteiger partial charge is 0.396 e. The van der Waals surface area contributed by atoms with Gasteiger partial charge < -0.3 is 5.11 Å². The summed E-state index contributed by atoms with van der Waals surface area (Å²) >= 11 is 0. The summed E-state index contributed by atoms with van der Waals surface area (Å²) < 4.78 is 0. The minimum absolute atomic E-state index is 0.285. The second-order valence-corrected chi connectivity index (χ2v) is 3.92. The van der Waals surface area contributed by atoms with Crippen molar-refractivity contribution in [1.29, 1.82) is 0 Å². The van der Waals surface area contributed by atoms with E-state index in [4.69, 9.17) is 5.11 Å². The normalized spacial score (nSPS) is 12.8. The molecule has 0 saturated heterocycles. The number of rotatable bonds is 10. The van der Waals surface area contributed by atoms with E-state index in [9.17, 15) is 0 Å². The van der Waals surface area contributed by atoms with Gasteiger partial charge in [0.25, 0.3) is 0 Å². The van der Waals surface area contributed by atoms with Crippen LogP contribution in [0.4, 0.5) is 0 Å². The number of unbranched alkanes of at least 4 members (excludes halogenated alkanes) is 3. The van der Waals surface area contributed by atoms with Gasteiger partial charge in [0.2, 0.25) is 0 Å². The number of aliphatic hydroxyl groups excluding tert-OH is 1. The summed E-state index contributed by atoms with van der Waals surface area (Å²) in [5.41, 5.74) is 0. The van der Waals surface area contributed by atoms with Crippen LogP contribution in [-0.2, 0) is 0 Å². The summed E-state index contributed by atoms with van der Waals surface area (Å²) in [5.74, 6) is 0. The highest BCUT2D eigenvalue weighted by atomic mass is 16.2. The fourth-order valence-corrected chi connectivity index (χ4v) is 1.30. The number of allylic oxidation sites excluding steroid dienone is 8. The van der Waals surface area contributed by atoms with Crippen LogP contribution in [0.1, 0.15) is 45.4 Å². The zero-order chi connectivity index (χ0) is 12.6. The Kier molecular flexibility index (Phi) is 14.0. The van der Waals surface area contributed by atoms with Gasteiger partial charge in [-0.1, -0.05) is 55.5 Å². The van der Waals surface area contributed by atoms with Crippen LogP contribution in [0.15, 0.2) is 48.6 Å². The van der Waals surface area contributed by atoms with Gasteiger partial charge in [-0.05, 0) is 38.5 Å². The molecule has 0 aromatic carbocycles. The van der Waals surface area contributed by atoms with Crippen LogP contribution < -0.4 is 0 Å². The van der Waals surface area contributed by atoms with E-state index in [0.29, 0.717) is 0 Å². The van der Waals surface area contributed by atoms with E-state index < -0.39 is 0 Å². The van der Waals surface area contributed by atoms with Crippen molar-refractivity contribution in [1.82, 2.24) is 0 Å². The molecule has 0 radical (unpaired) electrons. The third kappa shape index (κ3) is 14.9. The van der Waals surface area contributed by atoms with E-state index >= 15 is 0 Å². The van der Waals surface area contributed by atoms with Crippen molar-refractivity contribution in [3.8, 4) is 0 Å². The maximum absolute atomic E-state index is 8.58. The topological polar surface area (TPSA) is 20.2 Å². The molecule has 0 aliphatic heterocycles. The molecular formula is C16H26O. The monoisotopic (exact) mass is 234 g/mol. The first-order valence-corrected chi connectivity index (χ1v) is 6.66. The van der Waals surface area contributed by atoms with E-state index in [0.717, 1.165) is 32.1 Å². The Morgan fingerprint density at radius 3 is 1.65 bits per heavy atom. The Hall–Kier alpha value is -1.08. The lowest BCUT2D eigenvalue weighted by Crippen LogP contribution is -1.77. The van der Waals surface area contributed by atoms with Gasteiger partial charge in [0.1, 0.15) is 0 Å². The summed E-state index contributed by atoms with van der Waals surface area (Å²) in [4.78, 5) is 0. The van der Waals surface area contributed by atoms with Crippen molar-refractivity contribution in [2.75, 3.05) is 6.61 Å². The highest BCUT2D eigenvalue weighted by molar-refractivity contribution is 5.03. The van der Waals surface area contributed by atoms with E-state index in [-0.39, 0.29) is 6.61 Å². The van der Waals surface area contributed by atoms with Gasteiger partial charge in [0.05, 0.1) is 0 Å². The Morgan fingerprint density at radius 2 is 1.18 bits per heavy atom. The van der Waals surface area contributed by atoms with Gasteiger partial charge >= 0.3 is 0 Å². The van der Waals surface area contributed by atoms with Gasteiger partial charge in [0, 0.05) is 6.61 Å². The molecular weight excluding hydrogens is 208 g/mol. The molecule has 1 heteroatoms. The average Bonchev–Trinajstić information content (AvgIpc) is 2.35. The van der Waals surface area contributed by atoms with Crippen LogP contribution in [0.3, 0.4) is 0 Å². The highest BCUT2D eigenvalue weighted by Crippen LogP contribution is 1.99. The molecule has 0 heterocycles. The van der Waals surface area contributed by atoms with E-state index in [1.165, 1.54) is 6.42 Å². The standard InChI is InChI=1S/C16H26O/c1-2-3-4-5-6-7-8-9-10-11-12-13-14-15-16-17/h3-6,10-13,17H,2,7-9,14-16H2,1H3/b4-3+,6-5+,11-10+,13-12+. The number of hydrogen-bond donors (Lipinski definition) is 1. The Bertz CT molecular complexity index is 246. The third-order valence-corrected chi connectivity index (χ3v) is 2.27. The van der Waals surface area contributed by atoms with Gasteiger partial charge in [0.15, 0.2) is 0 Å². The molecule has 0 aliphatic rings. The molecule has 0 aromatic heterocycles. The molecule has 0 aromatic rings. The fourth-order valence-electron chi connectivity index (χ4n) is 1.30. The second kappa shape index (κ2) is 14.9. The predicted octanol–water partition coefficient (Wildman–Crippen LogP) is 4.56. The first-order valence-electron chi connectivity index (χ1n) is 6.66. The SMILES string of the molecule is CC/C=C/C=C/CCC/C=C/C=C/CCCO. The van der Waals surface area contributed by atoms with E-state index in [1.807, 2.05) is 0 Å². The Balaban J connectivity index is 3.32. The molecule has 0 unspecified atom stereocenters. The molecule has 0 amide bonds. The Labute approximate surface area is 106 Å². The van der Waals surface area contributed by atoms with Crippen molar-refractivity contribution in [3.63, 3.8) is 0 Å². The minimum Gasteiger partial charge on any atom is -0.396 e. The zero-order valence-electron chi connectivity index (χ0n) is 11.0. The zero-order valence-corrected chi connectivity index (χ0v) is 11.0. The van der Waals surface area contributed by atoms with Crippen molar-refractivity contribution in [2.45, 2.75) is 45.4 Å². The quantitative estimate of drug-likeness (QED) is 0.434. The van der Waals surface area contributed by atoms with Gasteiger partial charge in [-0.2, -0.15) is 0 Å². The summed E-state index contributed by atoms with van der Waals surface area (Å²) in [5, 5.41) is 8.58. The van der Waals surface area contributed by atoms with Gasteiger partial charge in [-0.25, -0.2) is 0 Å². The maximum Gasteiger partial charge on any atom is 0.0433 e. The lowest BCUT2D eigenvalue weighted by molar-refractivity contribution is 0.289. The smallest absolute Gasteiger partial charge is 0.0433 e. The van der Waals surface area contributed by atoms with Crippen molar-refractivity contribution >= 4 is 0 Å². The van der Waals surface area contributed by atoms with E-state index in [1.54, 1.807) is 0 Å². The fraction of sp³-hybridized carbons (Fsp3) is 0.500. The lowest BCUT2D eigenvalue weighted by atomic mass is 10.2. The van der Waals surface area contributed by atoms with Gasteiger partial charge in [-0.3, -0.25) is 0 Å². The van der Waals surface area contributed by atoms with Crippen LogP contribution in [0.5, 0.6) is 0 Å². The van der Waals surface area contributed by atoms with Crippen LogP contribution in [-0.4, -0.2) is 11.7 Å². The molecule has 0 rings (SSSR count). The lowest BCUT2D eigenvalue weighted by Gasteiger charge is -1.89. The first kappa shape index (κ1) is 15.9. The Morgan fingerprint density at radius 1 is 0.706 bits per heavy atom. The number of aliphatic hydroxyl groups is 1. The molecule has 0 aliphatic carbocycles. The van der Waals surface area contributed by atoms with Crippen molar-refractivity contribution in [3.05, 3.63) is 48.6 Å². The van der Waals surface area contributed by atoms with Crippen molar-refractivity contribution < 1.29 is 5.11 Å².